The molecule has 0 saturated heterocycles. The van der Waals surface area contributed by atoms with Crippen molar-refractivity contribution in [2.45, 2.75) is 32.7 Å². The van der Waals surface area contributed by atoms with Gasteiger partial charge in [-0.15, -0.1) is 0 Å². The Kier molecular flexibility index (Phi) is 6.07. The van der Waals surface area contributed by atoms with Gasteiger partial charge in [0.2, 0.25) is 0 Å². The summed E-state index contributed by atoms with van der Waals surface area (Å²) in [5.41, 5.74) is 5.11. The minimum atomic E-state index is -0.574. The molecule has 0 fully saturated rings. The van der Waals surface area contributed by atoms with Crippen LogP contribution >= 0.6 is 0 Å². The Morgan fingerprint density at radius 3 is 2.85 bits per heavy atom. The first-order valence-corrected chi connectivity index (χ1v) is 11.0. The number of pyridine rings is 1. The van der Waals surface area contributed by atoms with Crippen molar-refractivity contribution in [3.63, 3.8) is 0 Å². The summed E-state index contributed by atoms with van der Waals surface area (Å²) < 4.78 is 11.9. The summed E-state index contributed by atoms with van der Waals surface area (Å²) in [5.74, 6) is 1.65. The largest absolute Gasteiger partial charge is 0.457 e. The fraction of sp³-hybridized carbons (Fsp3) is 0.192. The van der Waals surface area contributed by atoms with Gasteiger partial charge in [-0.1, -0.05) is 18.2 Å². The highest BCUT2D eigenvalue weighted by molar-refractivity contribution is 5.94. The SMILES string of the molecule is Cc1cccc(NC(=O)C2Cc3cc(Oc4ccnc(-c5ncc(CO)[nH]5)c4)ccc3CO2)c1. The summed E-state index contributed by atoms with van der Waals surface area (Å²) in [6.07, 6.45) is 3.10. The number of anilines is 1. The lowest BCUT2D eigenvalue weighted by molar-refractivity contribution is -0.129. The van der Waals surface area contributed by atoms with E-state index in [2.05, 4.69) is 20.3 Å². The Balaban J connectivity index is 1.29. The molecule has 3 heterocycles. The van der Waals surface area contributed by atoms with Crippen LogP contribution in [0.1, 0.15) is 22.4 Å². The Labute approximate surface area is 196 Å². The third kappa shape index (κ3) is 4.83. The molecule has 1 atom stereocenters. The van der Waals surface area contributed by atoms with Crippen molar-refractivity contribution in [2.75, 3.05) is 5.32 Å². The Bertz CT molecular complexity index is 1330. The quantitative estimate of drug-likeness (QED) is 0.402. The van der Waals surface area contributed by atoms with Gasteiger partial charge in [0.15, 0.2) is 5.82 Å². The third-order valence-electron chi connectivity index (χ3n) is 5.61. The Morgan fingerprint density at radius 2 is 2.03 bits per heavy atom. The molecule has 0 bridgehead atoms. The maximum absolute atomic E-state index is 12.8. The molecular weight excluding hydrogens is 432 g/mol. The van der Waals surface area contributed by atoms with Gasteiger partial charge in [0.1, 0.15) is 23.3 Å². The number of H-pyrrole nitrogens is 1. The molecule has 0 spiro atoms. The van der Waals surface area contributed by atoms with Gasteiger partial charge in [0, 0.05) is 24.4 Å². The van der Waals surface area contributed by atoms with Gasteiger partial charge in [-0.05, 0) is 53.9 Å². The van der Waals surface area contributed by atoms with E-state index in [0.29, 0.717) is 41.7 Å². The van der Waals surface area contributed by atoms with Gasteiger partial charge in [0.05, 0.1) is 25.1 Å². The summed E-state index contributed by atoms with van der Waals surface area (Å²) in [6, 6.07) is 17.0. The van der Waals surface area contributed by atoms with Crippen LogP contribution in [0.25, 0.3) is 11.5 Å². The predicted octanol–water partition coefficient (Wildman–Crippen LogP) is 4.14. The molecule has 172 valence electrons. The maximum atomic E-state index is 12.8. The van der Waals surface area contributed by atoms with Crippen LogP contribution in [0.2, 0.25) is 0 Å². The van der Waals surface area contributed by atoms with Gasteiger partial charge in [0.25, 0.3) is 5.91 Å². The number of hydrogen-bond acceptors (Lipinski definition) is 6. The predicted molar refractivity (Wildman–Crippen MR) is 126 cm³/mol. The van der Waals surface area contributed by atoms with Crippen LogP contribution in [0.15, 0.2) is 67.0 Å². The molecule has 2 aromatic carbocycles. The number of amides is 1. The van der Waals surface area contributed by atoms with Crippen LogP contribution in [0.5, 0.6) is 11.5 Å². The number of nitrogens with zero attached hydrogens (tertiary/aromatic N) is 2. The first-order chi connectivity index (χ1) is 16.6. The van der Waals surface area contributed by atoms with Crippen LogP contribution in [0, 0.1) is 6.92 Å². The summed E-state index contributed by atoms with van der Waals surface area (Å²) >= 11 is 0. The molecular formula is C26H24N4O4. The molecule has 1 aliphatic rings. The lowest BCUT2D eigenvalue weighted by Crippen LogP contribution is -2.35. The highest BCUT2D eigenvalue weighted by atomic mass is 16.5. The van der Waals surface area contributed by atoms with Gasteiger partial charge in [-0.3, -0.25) is 9.78 Å². The number of imidazole rings is 1. The first-order valence-electron chi connectivity index (χ1n) is 11.0. The zero-order chi connectivity index (χ0) is 23.5. The van der Waals surface area contributed by atoms with Gasteiger partial charge in [-0.25, -0.2) is 4.98 Å². The maximum Gasteiger partial charge on any atom is 0.253 e. The lowest BCUT2D eigenvalue weighted by atomic mass is 9.98. The standard InChI is InChI=1S/C26H24N4O4/c1-16-3-2-4-19(9-16)30-26(32)24-11-18-10-21(6-5-17(18)15-33-24)34-22-7-8-27-23(12-22)25-28-13-20(14-31)29-25/h2-10,12-13,24,31H,11,14-15H2,1H3,(H,28,29)(H,30,32). The van der Waals surface area contributed by atoms with E-state index in [1.807, 2.05) is 49.4 Å². The number of benzene rings is 2. The molecule has 1 amide bonds. The number of carbonyl (C=O) groups is 1. The number of carbonyl (C=O) groups excluding carboxylic acids is 1. The molecule has 3 N–H and O–H groups in total. The molecule has 0 radical (unpaired) electrons. The van der Waals surface area contributed by atoms with Crippen molar-refractivity contribution in [3.8, 4) is 23.0 Å². The fourth-order valence-corrected chi connectivity index (χ4v) is 3.87. The van der Waals surface area contributed by atoms with Crippen LogP contribution < -0.4 is 10.1 Å². The number of aromatic nitrogens is 3. The zero-order valence-corrected chi connectivity index (χ0v) is 18.6. The molecule has 0 saturated carbocycles. The summed E-state index contributed by atoms with van der Waals surface area (Å²) in [7, 11) is 0. The van der Waals surface area contributed by atoms with E-state index >= 15 is 0 Å². The first kappa shape index (κ1) is 21.8. The topological polar surface area (TPSA) is 109 Å². The number of nitrogens with one attached hydrogen (secondary N) is 2. The molecule has 4 aromatic rings. The van der Waals surface area contributed by atoms with Crippen molar-refractivity contribution in [1.82, 2.24) is 15.0 Å². The van der Waals surface area contributed by atoms with Crippen molar-refractivity contribution in [3.05, 3.63) is 89.4 Å². The average molecular weight is 457 g/mol. The average Bonchev–Trinajstić information content (AvgIpc) is 3.33. The third-order valence-corrected chi connectivity index (χ3v) is 5.61. The van der Waals surface area contributed by atoms with E-state index < -0.39 is 6.10 Å². The van der Waals surface area contributed by atoms with Gasteiger partial charge < -0.3 is 24.9 Å². The number of aliphatic hydroxyl groups excluding tert-OH is 1. The monoisotopic (exact) mass is 456 g/mol. The van der Waals surface area contributed by atoms with E-state index in [9.17, 15) is 9.90 Å². The normalized spacial score (nSPS) is 14.9. The van der Waals surface area contributed by atoms with Crippen LogP contribution in [-0.2, 0) is 29.2 Å². The molecule has 5 rings (SSSR count). The van der Waals surface area contributed by atoms with Crippen molar-refractivity contribution < 1.29 is 19.4 Å². The van der Waals surface area contributed by atoms with E-state index in [-0.39, 0.29) is 12.5 Å². The van der Waals surface area contributed by atoms with Crippen LogP contribution in [0.4, 0.5) is 5.69 Å². The number of aromatic amines is 1. The number of fused-ring (bicyclic) bond motifs is 1. The highest BCUT2D eigenvalue weighted by Crippen LogP contribution is 2.29. The second-order valence-corrected chi connectivity index (χ2v) is 8.19. The van der Waals surface area contributed by atoms with Gasteiger partial charge >= 0.3 is 0 Å². The molecule has 8 heteroatoms. The van der Waals surface area contributed by atoms with E-state index in [0.717, 1.165) is 22.4 Å². The molecule has 8 nitrogen and oxygen atoms in total. The van der Waals surface area contributed by atoms with Crippen LogP contribution in [-0.4, -0.2) is 32.1 Å². The Morgan fingerprint density at radius 1 is 1.15 bits per heavy atom. The smallest absolute Gasteiger partial charge is 0.253 e. The minimum Gasteiger partial charge on any atom is -0.457 e. The number of aryl methyl sites for hydroxylation is 1. The number of hydrogen-bond donors (Lipinski definition) is 3. The van der Waals surface area contributed by atoms with Crippen molar-refractivity contribution in [2.24, 2.45) is 0 Å². The summed E-state index contributed by atoms with van der Waals surface area (Å²) in [4.78, 5) is 24.3. The second kappa shape index (κ2) is 9.46. The summed E-state index contributed by atoms with van der Waals surface area (Å²) in [5, 5.41) is 12.2. The number of rotatable bonds is 6. The molecule has 34 heavy (non-hydrogen) atoms. The van der Waals surface area contributed by atoms with Crippen molar-refractivity contribution in [1.29, 1.82) is 0 Å². The van der Waals surface area contributed by atoms with E-state index in [4.69, 9.17) is 9.47 Å². The van der Waals surface area contributed by atoms with Gasteiger partial charge in [-0.2, -0.15) is 0 Å². The molecule has 0 aliphatic carbocycles. The molecule has 2 aromatic heterocycles. The van der Waals surface area contributed by atoms with Crippen LogP contribution in [0.3, 0.4) is 0 Å². The van der Waals surface area contributed by atoms with E-state index in [1.165, 1.54) is 0 Å². The summed E-state index contributed by atoms with van der Waals surface area (Å²) in [6.45, 7) is 2.23. The Hall–Kier alpha value is -4.01. The number of ether oxygens (including phenoxy) is 2. The number of aliphatic hydroxyl groups is 1. The van der Waals surface area contributed by atoms with E-state index in [1.54, 1.807) is 24.5 Å². The van der Waals surface area contributed by atoms with Crippen molar-refractivity contribution >= 4 is 11.6 Å². The molecule has 1 unspecified atom stereocenters. The highest BCUT2D eigenvalue weighted by Gasteiger charge is 2.26. The molecule has 1 aliphatic heterocycles. The minimum absolute atomic E-state index is 0.119. The lowest BCUT2D eigenvalue weighted by Gasteiger charge is -2.25. The second-order valence-electron chi connectivity index (χ2n) is 8.19. The zero-order valence-electron chi connectivity index (χ0n) is 18.6. The fourth-order valence-electron chi connectivity index (χ4n) is 3.87.